The van der Waals surface area contributed by atoms with Gasteiger partial charge < -0.3 is 34.2 Å². The minimum absolute atomic E-state index is 0.00490. The highest BCUT2D eigenvalue weighted by Crippen LogP contribution is 2.62. The minimum Gasteiger partial charge on any atom is -0.459 e. The van der Waals surface area contributed by atoms with Gasteiger partial charge in [0.15, 0.2) is 0 Å². The van der Waals surface area contributed by atoms with Crippen molar-refractivity contribution < 1.29 is 39.0 Å². The number of nitrogens with zero attached hydrogens (tertiary/aromatic N) is 3. The Labute approximate surface area is 433 Å². The predicted molar refractivity (Wildman–Crippen MR) is 289 cm³/mol. The monoisotopic (exact) mass is 995 g/mol. The van der Waals surface area contributed by atoms with E-state index in [1.165, 1.54) is 23.8 Å². The molecule has 12 nitrogen and oxygen atoms in total. The lowest BCUT2D eigenvalue weighted by molar-refractivity contribution is -0.384. The Bertz CT molecular complexity index is 3040. The number of aliphatic hydroxyl groups is 2. The van der Waals surface area contributed by atoms with Gasteiger partial charge in [0.2, 0.25) is 11.7 Å². The Morgan fingerprint density at radius 1 is 0.865 bits per heavy atom. The van der Waals surface area contributed by atoms with Crippen molar-refractivity contribution in [3.63, 3.8) is 0 Å². The van der Waals surface area contributed by atoms with E-state index >= 15 is 4.79 Å². The molecule has 1 heterocycles. The summed E-state index contributed by atoms with van der Waals surface area (Å²) < 4.78 is 21.5. The number of nitro groups is 1. The van der Waals surface area contributed by atoms with Crippen molar-refractivity contribution in [1.29, 1.82) is 0 Å². The fraction of sp³-hybridized carbons (Fsp3) is 0.323. The molecule has 0 spiro atoms. The summed E-state index contributed by atoms with van der Waals surface area (Å²) in [4.78, 5) is 34.9. The Hall–Kier alpha value is -7.38. The molecule has 2 N–H and O–H groups in total. The van der Waals surface area contributed by atoms with Crippen LogP contribution in [-0.4, -0.2) is 63.3 Å². The summed E-state index contributed by atoms with van der Waals surface area (Å²) in [5, 5.41) is 38.9. The molecule has 382 valence electrons. The first-order valence-corrected chi connectivity index (χ1v) is 25.8. The molecule has 1 aliphatic heterocycles. The zero-order chi connectivity index (χ0) is 51.6. The van der Waals surface area contributed by atoms with Gasteiger partial charge in [0, 0.05) is 55.9 Å². The highest BCUT2D eigenvalue weighted by atomic mass is 16.7. The number of aryl methyl sites for hydroxylation is 2. The molecule has 1 amide bonds. The first-order valence-electron chi connectivity index (χ1n) is 25.8. The number of rotatable bonds is 22. The second kappa shape index (κ2) is 23.7. The molecule has 6 aromatic carbocycles. The second-order valence-corrected chi connectivity index (χ2v) is 19.7. The lowest BCUT2D eigenvalue weighted by Gasteiger charge is -2.60. The van der Waals surface area contributed by atoms with Gasteiger partial charge in [-0.15, -0.1) is 6.58 Å². The van der Waals surface area contributed by atoms with Crippen LogP contribution in [0, 0.1) is 41.7 Å². The van der Waals surface area contributed by atoms with Gasteiger partial charge in [-0.05, 0) is 144 Å². The van der Waals surface area contributed by atoms with Crippen LogP contribution in [0.4, 0.5) is 5.69 Å². The van der Waals surface area contributed by atoms with E-state index in [9.17, 15) is 20.3 Å². The largest absolute Gasteiger partial charge is 0.459 e. The Morgan fingerprint density at radius 2 is 1.59 bits per heavy atom. The van der Waals surface area contributed by atoms with Gasteiger partial charge >= 0.3 is 0 Å². The molecular weight excluding hydrogens is 931 g/mol. The molecule has 6 atom stereocenters. The third-order valence-corrected chi connectivity index (χ3v) is 15.0. The molecule has 9 rings (SSSR count). The van der Waals surface area contributed by atoms with E-state index in [2.05, 4.69) is 56.8 Å². The van der Waals surface area contributed by atoms with E-state index < -0.39 is 22.7 Å². The maximum atomic E-state index is 15.6. The smallest absolute Gasteiger partial charge is 0.269 e. The predicted octanol–water partition coefficient (Wildman–Crippen LogP) is 12.7. The fourth-order valence-electron chi connectivity index (χ4n) is 11.3. The number of allylic oxidation sites excluding steroid dienone is 1. The molecule has 0 aromatic heterocycles. The lowest BCUT2D eigenvalue weighted by atomic mass is 9.55. The Balaban J connectivity index is 1.26. The summed E-state index contributed by atoms with van der Waals surface area (Å²) in [6, 6.07) is 41.4. The maximum Gasteiger partial charge on any atom is 0.269 e. The number of hydrogen-bond donors (Lipinski definition) is 2. The first kappa shape index (κ1) is 51.5. The molecule has 6 aromatic rings. The summed E-state index contributed by atoms with van der Waals surface area (Å²) in [5.41, 5.74) is 7.23. The summed E-state index contributed by atoms with van der Waals surface area (Å²) in [5.74, 6) is -0.710. The fourth-order valence-corrected chi connectivity index (χ4v) is 11.3. The molecule has 74 heavy (non-hydrogen) atoms. The third-order valence-electron chi connectivity index (χ3n) is 15.0. The number of non-ortho nitro benzene ring substituents is 1. The van der Waals surface area contributed by atoms with Crippen molar-refractivity contribution in [3.8, 4) is 17.2 Å². The summed E-state index contributed by atoms with van der Waals surface area (Å²) in [6.07, 6.45) is 11.8. The number of amides is 1. The summed E-state index contributed by atoms with van der Waals surface area (Å²) in [6.45, 7) is 8.87. The van der Waals surface area contributed by atoms with Crippen molar-refractivity contribution in [1.82, 2.24) is 4.90 Å². The Morgan fingerprint density at radius 3 is 2.35 bits per heavy atom. The molecule has 0 saturated heterocycles. The van der Waals surface area contributed by atoms with Gasteiger partial charge in [0.25, 0.3) is 5.69 Å². The maximum absolute atomic E-state index is 15.6. The van der Waals surface area contributed by atoms with E-state index in [4.69, 9.17) is 24.2 Å². The normalized spacial score (nSPS) is 21.3. The number of benzene rings is 6. The van der Waals surface area contributed by atoms with E-state index in [0.29, 0.717) is 41.4 Å². The van der Waals surface area contributed by atoms with Crippen LogP contribution in [0.2, 0.25) is 0 Å². The highest BCUT2D eigenvalue weighted by molar-refractivity contribution is 6.03. The third kappa shape index (κ3) is 11.2. The number of carbonyl (C=O) groups is 1. The number of carbonyl (C=O) groups excluding carboxylic acids is 1. The minimum atomic E-state index is -1.53. The van der Waals surface area contributed by atoms with Crippen molar-refractivity contribution >= 4 is 34.2 Å². The molecule has 6 unspecified atom stereocenters. The van der Waals surface area contributed by atoms with Crippen LogP contribution in [0.3, 0.4) is 0 Å². The van der Waals surface area contributed by atoms with Gasteiger partial charge in [-0.2, -0.15) is 0 Å². The van der Waals surface area contributed by atoms with Crippen LogP contribution in [0.5, 0.6) is 17.2 Å². The van der Waals surface area contributed by atoms with Crippen LogP contribution in [0.1, 0.15) is 84.2 Å². The quantitative estimate of drug-likeness (QED) is 0.0222. The topological polar surface area (TPSA) is 153 Å². The van der Waals surface area contributed by atoms with Gasteiger partial charge in [0.05, 0.1) is 23.2 Å². The number of hydrogen-bond acceptors (Lipinski definition) is 10. The SMILES string of the molecule is C=CCOC12Oc3ccc(Oc4ccc(C)c(C)c4)cc3C3C(CCCCO)C(CCCCO)C=C(C(=NOCc4ccccc4)CC1N(Cc1cccc4ccccc14)C(=O)C=Cc1ccc([N+](=O)[O-])cc1)C32. The summed E-state index contributed by atoms with van der Waals surface area (Å²) in [7, 11) is 0. The number of aliphatic hydroxyl groups excluding tert-OH is 2. The second-order valence-electron chi connectivity index (χ2n) is 19.7. The van der Waals surface area contributed by atoms with Gasteiger partial charge in [-0.25, -0.2) is 0 Å². The number of nitro benzene ring substituents is 1. The van der Waals surface area contributed by atoms with Crippen molar-refractivity contribution in [3.05, 3.63) is 207 Å². The average Bonchev–Trinajstić information content (AvgIpc) is 3.41. The first-order chi connectivity index (χ1) is 36.1. The van der Waals surface area contributed by atoms with Crippen molar-refractivity contribution in [2.45, 2.75) is 89.7 Å². The number of oxime groups is 1. The summed E-state index contributed by atoms with van der Waals surface area (Å²) >= 11 is 0. The van der Waals surface area contributed by atoms with Crippen LogP contribution in [0.15, 0.2) is 169 Å². The van der Waals surface area contributed by atoms with Gasteiger partial charge in [0.1, 0.15) is 29.9 Å². The highest BCUT2D eigenvalue weighted by Gasteiger charge is 2.65. The van der Waals surface area contributed by atoms with E-state index in [1.807, 2.05) is 83.8 Å². The zero-order valence-electron chi connectivity index (χ0n) is 42.2. The van der Waals surface area contributed by atoms with Crippen LogP contribution in [-0.2, 0) is 27.5 Å². The number of unbranched alkanes of at least 4 members (excludes halogenated alkanes) is 2. The van der Waals surface area contributed by atoms with Crippen LogP contribution in [0.25, 0.3) is 16.8 Å². The molecule has 0 bridgehead atoms. The van der Waals surface area contributed by atoms with Gasteiger partial charge in [-0.1, -0.05) is 109 Å². The number of fused-ring (bicyclic) bond motifs is 3. The molecule has 0 radical (unpaired) electrons. The molecule has 1 saturated carbocycles. The van der Waals surface area contributed by atoms with E-state index in [-0.39, 0.29) is 68.7 Å². The average molecular weight is 996 g/mol. The molecule has 2 aliphatic carbocycles. The molecular formula is C62H65N3O9. The van der Waals surface area contributed by atoms with Gasteiger partial charge in [-0.3, -0.25) is 14.9 Å². The lowest BCUT2D eigenvalue weighted by Crippen LogP contribution is -2.70. The molecule has 12 heteroatoms. The molecule has 3 aliphatic rings. The van der Waals surface area contributed by atoms with Crippen molar-refractivity contribution in [2.24, 2.45) is 22.9 Å². The van der Waals surface area contributed by atoms with Crippen LogP contribution >= 0.6 is 0 Å². The van der Waals surface area contributed by atoms with Crippen molar-refractivity contribution in [2.75, 3.05) is 19.8 Å². The standard InChI is InChI=1S/C62H65N3O9/c1-4-35-71-62-58(64(40-48-20-14-19-46-17-8-9-21-52(46)48)59(68)32-26-44-24-27-49(28-25-44)65(69)70)39-56(63-72-41-45-15-6-5-7-16-45)54-37-47(18-10-12-33-66)53(22-11-13-34-67)60(61(54)62)55-38-51(30-31-57(55)74-62)73-50-29-23-42(2)43(3)36-50/h4-9,14-17,19-21,23-32,36-38,47,53,58,60-61,66-67H,1,10-13,18,22,33-35,39-41H2,2-3H3. The van der Waals surface area contributed by atoms with E-state index in [0.717, 1.165) is 64.3 Å². The number of ether oxygens (including phenoxy) is 3. The molecule has 1 fully saturated rings. The van der Waals surface area contributed by atoms with Crippen LogP contribution < -0.4 is 9.47 Å². The Kier molecular flexibility index (Phi) is 16.5. The van der Waals surface area contributed by atoms with E-state index in [1.54, 1.807) is 24.3 Å². The zero-order valence-corrected chi connectivity index (χ0v) is 42.2.